The SMILES string of the molecule is CCCN(CC)c1ccc(C(=O)NC2CCCNC2)cn1. The fraction of sp³-hybridized carbons (Fsp3) is 0.625. The molecule has 5 heteroatoms. The van der Waals surface area contributed by atoms with Gasteiger partial charge in [0.1, 0.15) is 5.82 Å². The number of carbonyl (C=O) groups excluding carboxylic acids is 1. The number of aromatic nitrogens is 1. The summed E-state index contributed by atoms with van der Waals surface area (Å²) >= 11 is 0. The number of hydrogen-bond acceptors (Lipinski definition) is 4. The zero-order valence-electron chi connectivity index (χ0n) is 13.1. The number of piperidine rings is 1. The van der Waals surface area contributed by atoms with Gasteiger partial charge in [0, 0.05) is 31.9 Å². The molecule has 116 valence electrons. The van der Waals surface area contributed by atoms with Gasteiger partial charge in [-0.15, -0.1) is 0 Å². The molecule has 1 aliphatic heterocycles. The molecule has 2 rings (SSSR count). The van der Waals surface area contributed by atoms with Gasteiger partial charge in [-0.05, 0) is 44.9 Å². The van der Waals surface area contributed by atoms with Crippen LogP contribution in [0, 0.1) is 0 Å². The Kier molecular flexibility index (Phi) is 5.99. The Morgan fingerprint density at radius 2 is 2.33 bits per heavy atom. The van der Waals surface area contributed by atoms with Gasteiger partial charge >= 0.3 is 0 Å². The predicted molar refractivity (Wildman–Crippen MR) is 85.8 cm³/mol. The molecule has 1 aromatic rings. The van der Waals surface area contributed by atoms with Crippen LogP contribution in [0.1, 0.15) is 43.5 Å². The van der Waals surface area contributed by atoms with E-state index in [4.69, 9.17) is 0 Å². The number of rotatable bonds is 6. The van der Waals surface area contributed by atoms with Crippen molar-refractivity contribution in [2.24, 2.45) is 0 Å². The number of pyridine rings is 1. The monoisotopic (exact) mass is 290 g/mol. The third kappa shape index (κ3) is 4.43. The lowest BCUT2D eigenvalue weighted by atomic mass is 10.1. The van der Waals surface area contributed by atoms with Gasteiger partial charge in [0.2, 0.25) is 0 Å². The molecule has 1 aromatic heterocycles. The van der Waals surface area contributed by atoms with Crippen LogP contribution in [-0.4, -0.2) is 43.1 Å². The van der Waals surface area contributed by atoms with Gasteiger partial charge in [-0.25, -0.2) is 4.98 Å². The third-order valence-corrected chi connectivity index (χ3v) is 3.84. The Bertz CT molecular complexity index is 440. The van der Waals surface area contributed by atoms with E-state index >= 15 is 0 Å². The van der Waals surface area contributed by atoms with Crippen molar-refractivity contribution in [1.29, 1.82) is 0 Å². The van der Waals surface area contributed by atoms with Crippen LogP contribution in [0.2, 0.25) is 0 Å². The summed E-state index contributed by atoms with van der Waals surface area (Å²) in [6.07, 6.45) is 4.93. The number of nitrogens with one attached hydrogen (secondary N) is 2. The lowest BCUT2D eigenvalue weighted by molar-refractivity contribution is 0.0930. The molecule has 0 aliphatic carbocycles. The Morgan fingerprint density at radius 1 is 1.48 bits per heavy atom. The van der Waals surface area contributed by atoms with Crippen LogP contribution < -0.4 is 15.5 Å². The summed E-state index contributed by atoms with van der Waals surface area (Å²) in [5.41, 5.74) is 0.636. The van der Waals surface area contributed by atoms with Crippen molar-refractivity contribution in [3.63, 3.8) is 0 Å². The first kappa shape index (κ1) is 15.8. The van der Waals surface area contributed by atoms with E-state index in [0.29, 0.717) is 5.56 Å². The second-order valence-electron chi connectivity index (χ2n) is 5.50. The van der Waals surface area contributed by atoms with Gasteiger partial charge in [-0.3, -0.25) is 4.79 Å². The lowest BCUT2D eigenvalue weighted by Crippen LogP contribution is -2.45. The molecule has 1 fully saturated rings. The summed E-state index contributed by atoms with van der Waals surface area (Å²) in [5.74, 6) is 0.913. The summed E-state index contributed by atoms with van der Waals surface area (Å²) in [5, 5.41) is 6.37. The summed E-state index contributed by atoms with van der Waals surface area (Å²) in [4.78, 5) is 18.8. The van der Waals surface area contributed by atoms with Gasteiger partial charge in [-0.2, -0.15) is 0 Å². The van der Waals surface area contributed by atoms with Crippen molar-refractivity contribution in [2.45, 2.75) is 39.2 Å². The first-order chi connectivity index (χ1) is 10.2. The molecule has 0 saturated carbocycles. The first-order valence-corrected chi connectivity index (χ1v) is 7.97. The maximum Gasteiger partial charge on any atom is 0.253 e. The fourth-order valence-corrected chi connectivity index (χ4v) is 2.66. The second-order valence-corrected chi connectivity index (χ2v) is 5.50. The second kappa shape index (κ2) is 7.98. The van der Waals surface area contributed by atoms with Crippen molar-refractivity contribution < 1.29 is 4.79 Å². The molecule has 1 saturated heterocycles. The third-order valence-electron chi connectivity index (χ3n) is 3.84. The van der Waals surface area contributed by atoms with Crippen LogP contribution in [-0.2, 0) is 0 Å². The molecule has 0 radical (unpaired) electrons. The van der Waals surface area contributed by atoms with Crippen molar-refractivity contribution in [1.82, 2.24) is 15.6 Å². The van der Waals surface area contributed by atoms with Crippen LogP contribution in [0.25, 0.3) is 0 Å². The van der Waals surface area contributed by atoms with Crippen molar-refractivity contribution in [2.75, 3.05) is 31.1 Å². The van der Waals surface area contributed by atoms with Gasteiger partial charge in [0.25, 0.3) is 5.91 Å². The van der Waals surface area contributed by atoms with Crippen molar-refractivity contribution in [3.05, 3.63) is 23.9 Å². The lowest BCUT2D eigenvalue weighted by Gasteiger charge is -2.24. The van der Waals surface area contributed by atoms with Gasteiger partial charge in [0.05, 0.1) is 5.56 Å². The summed E-state index contributed by atoms with van der Waals surface area (Å²) in [6.45, 7) is 8.10. The minimum atomic E-state index is -0.0266. The standard InChI is InChI=1S/C16H26N4O/c1-3-10-20(4-2)15-8-7-13(11-18-15)16(21)19-14-6-5-9-17-12-14/h7-8,11,14,17H,3-6,9-10,12H2,1-2H3,(H,19,21). The molecule has 2 N–H and O–H groups in total. The molecule has 0 bridgehead atoms. The average Bonchev–Trinajstić information content (AvgIpc) is 2.54. The van der Waals surface area contributed by atoms with E-state index in [-0.39, 0.29) is 11.9 Å². The highest BCUT2D eigenvalue weighted by atomic mass is 16.1. The Hall–Kier alpha value is -1.62. The fourth-order valence-electron chi connectivity index (χ4n) is 2.66. The largest absolute Gasteiger partial charge is 0.357 e. The number of anilines is 1. The highest BCUT2D eigenvalue weighted by Gasteiger charge is 2.16. The molecule has 1 unspecified atom stereocenters. The predicted octanol–water partition coefficient (Wildman–Crippen LogP) is 1.80. The van der Waals surface area contributed by atoms with Gasteiger partial charge in [-0.1, -0.05) is 6.92 Å². The molecule has 0 spiro atoms. The average molecular weight is 290 g/mol. The maximum atomic E-state index is 12.2. The summed E-state index contributed by atoms with van der Waals surface area (Å²) in [7, 11) is 0. The topological polar surface area (TPSA) is 57.3 Å². The van der Waals surface area contributed by atoms with E-state index in [1.54, 1.807) is 6.20 Å². The highest BCUT2D eigenvalue weighted by Crippen LogP contribution is 2.12. The van der Waals surface area contributed by atoms with Crippen LogP contribution in [0.3, 0.4) is 0 Å². The molecule has 1 aliphatic rings. The number of carbonyl (C=O) groups is 1. The molecule has 0 aromatic carbocycles. The zero-order chi connectivity index (χ0) is 15.1. The molecule has 1 amide bonds. The Morgan fingerprint density at radius 3 is 2.90 bits per heavy atom. The van der Waals surface area contributed by atoms with Crippen LogP contribution in [0.5, 0.6) is 0 Å². The minimum Gasteiger partial charge on any atom is -0.357 e. The molecule has 5 nitrogen and oxygen atoms in total. The quantitative estimate of drug-likeness (QED) is 0.839. The highest BCUT2D eigenvalue weighted by molar-refractivity contribution is 5.94. The number of nitrogens with zero attached hydrogens (tertiary/aromatic N) is 2. The molecular formula is C16H26N4O. The maximum absolute atomic E-state index is 12.2. The number of hydrogen-bond donors (Lipinski definition) is 2. The van der Waals surface area contributed by atoms with Crippen LogP contribution >= 0.6 is 0 Å². The van der Waals surface area contributed by atoms with E-state index in [2.05, 4.69) is 34.4 Å². The van der Waals surface area contributed by atoms with Crippen LogP contribution in [0.15, 0.2) is 18.3 Å². The van der Waals surface area contributed by atoms with Crippen LogP contribution in [0.4, 0.5) is 5.82 Å². The molecule has 1 atom stereocenters. The van der Waals surface area contributed by atoms with Gasteiger partial charge < -0.3 is 15.5 Å². The first-order valence-electron chi connectivity index (χ1n) is 7.97. The molecular weight excluding hydrogens is 264 g/mol. The van der Waals surface area contributed by atoms with E-state index in [9.17, 15) is 4.79 Å². The van der Waals surface area contributed by atoms with E-state index in [1.807, 2.05) is 12.1 Å². The smallest absolute Gasteiger partial charge is 0.253 e. The zero-order valence-corrected chi connectivity index (χ0v) is 13.1. The summed E-state index contributed by atoms with van der Waals surface area (Å²) < 4.78 is 0. The van der Waals surface area contributed by atoms with Gasteiger partial charge in [0.15, 0.2) is 0 Å². The Labute approximate surface area is 127 Å². The normalized spacial score (nSPS) is 18.3. The molecule has 21 heavy (non-hydrogen) atoms. The van der Waals surface area contributed by atoms with Crippen molar-refractivity contribution in [3.8, 4) is 0 Å². The number of amides is 1. The minimum absolute atomic E-state index is 0.0266. The summed E-state index contributed by atoms with van der Waals surface area (Å²) in [6, 6.07) is 4.04. The van der Waals surface area contributed by atoms with E-state index in [1.165, 1.54) is 0 Å². The van der Waals surface area contributed by atoms with E-state index < -0.39 is 0 Å². The molecule has 2 heterocycles. The van der Waals surface area contributed by atoms with E-state index in [0.717, 1.165) is 51.3 Å². The Balaban J connectivity index is 1.95. The van der Waals surface area contributed by atoms with Crippen molar-refractivity contribution >= 4 is 11.7 Å².